The Morgan fingerprint density at radius 2 is 2.09 bits per heavy atom. The van der Waals surface area contributed by atoms with Crippen LogP contribution in [0.3, 0.4) is 0 Å². The molecule has 1 atom stereocenters. The fraction of sp³-hybridized carbons (Fsp3) is 0.533. The summed E-state index contributed by atoms with van der Waals surface area (Å²) >= 11 is 6.08. The van der Waals surface area contributed by atoms with Crippen LogP contribution in [0.25, 0.3) is 0 Å². The van der Waals surface area contributed by atoms with E-state index >= 15 is 0 Å². The highest BCUT2D eigenvalue weighted by molar-refractivity contribution is 7.84. The number of benzene rings is 1. The van der Waals surface area contributed by atoms with Crippen molar-refractivity contribution >= 4 is 28.4 Å². The molecule has 0 spiro atoms. The van der Waals surface area contributed by atoms with Gasteiger partial charge in [0, 0.05) is 55.3 Å². The first kappa shape index (κ1) is 17.1. The Balaban J connectivity index is 1.74. The fourth-order valence-electron chi connectivity index (χ4n) is 2.31. The molecule has 1 aromatic rings. The molecule has 0 saturated carbocycles. The van der Waals surface area contributed by atoms with Crippen LogP contribution >= 0.6 is 11.6 Å². The van der Waals surface area contributed by atoms with Gasteiger partial charge in [-0.25, -0.2) is 4.79 Å². The molecular weight excluding hydrogens is 324 g/mol. The number of carbonyl (C=O) groups excluding carboxylic acids is 1. The van der Waals surface area contributed by atoms with Crippen molar-refractivity contribution in [3.63, 3.8) is 0 Å². The summed E-state index contributed by atoms with van der Waals surface area (Å²) < 4.78 is 16.9. The van der Waals surface area contributed by atoms with Crippen LogP contribution in [0.1, 0.15) is 12.8 Å². The van der Waals surface area contributed by atoms with Gasteiger partial charge in [0.15, 0.2) is 0 Å². The average molecular weight is 345 g/mol. The number of likely N-dealkylation sites (tertiary alicyclic amines) is 1. The average Bonchev–Trinajstić information content (AvgIpc) is 2.50. The molecular formula is C15H21ClN2O3S. The van der Waals surface area contributed by atoms with Gasteiger partial charge in [-0.15, -0.1) is 0 Å². The minimum Gasteiger partial charge on any atom is -0.489 e. The number of para-hydroxylation sites is 1. The van der Waals surface area contributed by atoms with Gasteiger partial charge >= 0.3 is 6.03 Å². The number of halogens is 1. The molecule has 0 bridgehead atoms. The molecule has 0 aromatic heterocycles. The van der Waals surface area contributed by atoms with Crippen molar-refractivity contribution < 1.29 is 13.7 Å². The number of hydrogen-bond acceptors (Lipinski definition) is 3. The number of urea groups is 1. The van der Waals surface area contributed by atoms with E-state index in [9.17, 15) is 9.00 Å². The van der Waals surface area contributed by atoms with E-state index < -0.39 is 10.8 Å². The van der Waals surface area contributed by atoms with E-state index in [0.29, 0.717) is 36.2 Å². The molecule has 5 nitrogen and oxygen atoms in total. The van der Waals surface area contributed by atoms with E-state index in [1.54, 1.807) is 17.2 Å². The minimum atomic E-state index is -0.883. The lowest BCUT2D eigenvalue weighted by Gasteiger charge is -2.32. The third-order valence-electron chi connectivity index (χ3n) is 3.53. The maximum Gasteiger partial charge on any atom is 0.317 e. The molecule has 0 radical (unpaired) electrons. The number of carbonyl (C=O) groups is 1. The van der Waals surface area contributed by atoms with E-state index in [1.165, 1.54) is 0 Å². The molecule has 1 heterocycles. The van der Waals surface area contributed by atoms with Crippen LogP contribution < -0.4 is 10.1 Å². The van der Waals surface area contributed by atoms with Gasteiger partial charge in [0.25, 0.3) is 0 Å². The summed E-state index contributed by atoms with van der Waals surface area (Å²) in [7, 11) is -0.883. The van der Waals surface area contributed by atoms with Gasteiger partial charge in [0.05, 0.1) is 5.02 Å². The highest BCUT2D eigenvalue weighted by Crippen LogP contribution is 2.26. The summed E-state index contributed by atoms with van der Waals surface area (Å²) in [5.41, 5.74) is 0. The molecule has 0 unspecified atom stereocenters. The van der Waals surface area contributed by atoms with E-state index in [-0.39, 0.29) is 12.1 Å². The smallest absolute Gasteiger partial charge is 0.317 e. The number of nitrogens with one attached hydrogen (secondary N) is 1. The highest BCUT2D eigenvalue weighted by Gasteiger charge is 2.24. The number of amides is 2. The number of hydrogen-bond donors (Lipinski definition) is 1. The first-order chi connectivity index (χ1) is 10.6. The molecule has 0 aliphatic carbocycles. The van der Waals surface area contributed by atoms with Crippen molar-refractivity contribution in [1.82, 2.24) is 10.2 Å². The van der Waals surface area contributed by atoms with Crippen LogP contribution in [0.4, 0.5) is 4.79 Å². The Kier molecular flexibility index (Phi) is 6.51. The van der Waals surface area contributed by atoms with E-state index in [4.69, 9.17) is 16.3 Å². The molecule has 122 valence electrons. The summed E-state index contributed by atoms with van der Waals surface area (Å²) in [6, 6.07) is 7.32. The number of nitrogens with zero attached hydrogens (tertiary/aromatic N) is 1. The van der Waals surface area contributed by atoms with Gasteiger partial charge in [0.1, 0.15) is 11.9 Å². The molecule has 1 aromatic carbocycles. The van der Waals surface area contributed by atoms with E-state index in [2.05, 4.69) is 5.32 Å². The van der Waals surface area contributed by atoms with Crippen molar-refractivity contribution in [2.24, 2.45) is 0 Å². The molecule has 2 rings (SSSR count). The van der Waals surface area contributed by atoms with Crippen LogP contribution in [0.5, 0.6) is 5.75 Å². The molecule has 1 aliphatic rings. The van der Waals surface area contributed by atoms with E-state index in [1.807, 2.05) is 18.2 Å². The summed E-state index contributed by atoms with van der Waals surface area (Å²) in [5, 5.41) is 3.40. The predicted octanol–water partition coefficient (Wildman–Crippen LogP) is 2.27. The third-order valence-corrected chi connectivity index (χ3v) is 4.62. The van der Waals surface area contributed by atoms with Crippen LogP contribution in [-0.4, -0.2) is 52.9 Å². The summed E-state index contributed by atoms with van der Waals surface area (Å²) in [5.74, 6) is 1.18. The van der Waals surface area contributed by atoms with Crippen LogP contribution in [-0.2, 0) is 10.8 Å². The molecule has 1 N–H and O–H groups in total. The molecule has 1 saturated heterocycles. The minimum absolute atomic E-state index is 0.0760. The zero-order valence-corrected chi connectivity index (χ0v) is 14.2. The third kappa shape index (κ3) is 5.18. The SMILES string of the molecule is C[S@@](=O)CCNC(=O)N1CCC(Oc2ccccc2Cl)CC1. The summed E-state index contributed by atoms with van der Waals surface area (Å²) in [6.45, 7) is 1.74. The number of piperidine rings is 1. The van der Waals surface area contributed by atoms with Gasteiger partial charge < -0.3 is 15.0 Å². The monoisotopic (exact) mass is 344 g/mol. The molecule has 22 heavy (non-hydrogen) atoms. The van der Waals surface area contributed by atoms with Gasteiger partial charge in [0.2, 0.25) is 0 Å². The van der Waals surface area contributed by atoms with Gasteiger partial charge in [-0.1, -0.05) is 23.7 Å². The molecule has 1 aliphatic heterocycles. The highest BCUT2D eigenvalue weighted by atomic mass is 35.5. The standard InChI is InChI=1S/C15H21ClN2O3S/c1-22(20)11-8-17-15(19)18-9-6-12(7-10-18)21-14-5-3-2-4-13(14)16/h2-5,12H,6-11H2,1H3,(H,17,19)/t22-/m1/s1. The summed E-state index contributed by atoms with van der Waals surface area (Å²) in [4.78, 5) is 13.7. The lowest BCUT2D eigenvalue weighted by atomic mass is 10.1. The Labute approximate surface area is 138 Å². The number of ether oxygens (including phenoxy) is 1. The Hall–Kier alpha value is -1.27. The Morgan fingerprint density at radius 1 is 1.41 bits per heavy atom. The lowest BCUT2D eigenvalue weighted by molar-refractivity contribution is 0.111. The Bertz CT molecular complexity index is 533. The summed E-state index contributed by atoms with van der Waals surface area (Å²) in [6.07, 6.45) is 3.26. The maximum absolute atomic E-state index is 12.0. The topological polar surface area (TPSA) is 58.6 Å². The predicted molar refractivity (Wildman–Crippen MR) is 89.0 cm³/mol. The van der Waals surface area contributed by atoms with Crippen LogP contribution in [0, 0.1) is 0 Å². The van der Waals surface area contributed by atoms with Crippen molar-refractivity contribution in [1.29, 1.82) is 0 Å². The first-order valence-electron chi connectivity index (χ1n) is 7.30. The second-order valence-corrected chi connectivity index (χ2v) is 7.21. The maximum atomic E-state index is 12.0. The zero-order valence-electron chi connectivity index (χ0n) is 12.6. The quantitative estimate of drug-likeness (QED) is 0.891. The second kappa shape index (κ2) is 8.39. The van der Waals surface area contributed by atoms with Crippen molar-refractivity contribution in [2.45, 2.75) is 18.9 Å². The van der Waals surface area contributed by atoms with E-state index in [0.717, 1.165) is 12.8 Å². The van der Waals surface area contributed by atoms with Gasteiger partial charge in [-0.3, -0.25) is 4.21 Å². The molecule has 2 amide bonds. The molecule has 7 heteroatoms. The van der Waals surface area contributed by atoms with Gasteiger partial charge in [-0.2, -0.15) is 0 Å². The van der Waals surface area contributed by atoms with Crippen molar-refractivity contribution in [3.05, 3.63) is 29.3 Å². The van der Waals surface area contributed by atoms with Crippen LogP contribution in [0.2, 0.25) is 5.02 Å². The number of rotatable bonds is 5. The van der Waals surface area contributed by atoms with Crippen LogP contribution in [0.15, 0.2) is 24.3 Å². The van der Waals surface area contributed by atoms with Gasteiger partial charge in [-0.05, 0) is 12.1 Å². The first-order valence-corrected chi connectivity index (χ1v) is 9.41. The normalized spacial score (nSPS) is 17.1. The van der Waals surface area contributed by atoms with Crippen molar-refractivity contribution in [3.8, 4) is 5.75 Å². The fourth-order valence-corrected chi connectivity index (χ4v) is 2.88. The lowest BCUT2D eigenvalue weighted by Crippen LogP contribution is -2.47. The van der Waals surface area contributed by atoms with Crippen molar-refractivity contribution in [2.75, 3.05) is 31.6 Å². The second-order valence-electron chi connectivity index (χ2n) is 5.24. The Morgan fingerprint density at radius 3 is 2.73 bits per heavy atom. The zero-order chi connectivity index (χ0) is 15.9. The largest absolute Gasteiger partial charge is 0.489 e. The molecule has 1 fully saturated rings.